The lowest BCUT2D eigenvalue weighted by molar-refractivity contribution is -0.383. The average molecular weight is 272 g/mol. The molecule has 0 unspecified atom stereocenters. The van der Waals surface area contributed by atoms with Gasteiger partial charge in [0.15, 0.2) is 0 Å². The molecular formula is C15H16N2O3. The lowest BCUT2D eigenvalue weighted by atomic mass is 10.1. The van der Waals surface area contributed by atoms with Crippen LogP contribution in [0, 0.1) is 30.9 Å². The number of hydrogen-bond donors (Lipinski definition) is 1. The topological polar surface area (TPSA) is 78.4 Å². The number of anilines is 1. The number of ether oxygens (including phenoxy) is 1. The summed E-state index contributed by atoms with van der Waals surface area (Å²) in [4.78, 5) is 10.2. The van der Waals surface area contributed by atoms with E-state index in [2.05, 4.69) is 0 Å². The van der Waals surface area contributed by atoms with Gasteiger partial charge in [0, 0.05) is 12.1 Å². The summed E-state index contributed by atoms with van der Waals surface area (Å²) in [6.07, 6.45) is 0. The van der Waals surface area contributed by atoms with Crippen molar-refractivity contribution in [3.63, 3.8) is 0 Å². The van der Waals surface area contributed by atoms with Crippen molar-refractivity contribution in [3.05, 3.63) is 57.1 Å². The predicted octanol–water partition coefficient (Wildman–Crippen LogP) is 3.89. The van der Waals surface area contributed by atoms with Crippen LogP contribution in [0.2, 0.25) is 0 Å². The lowest BCUT2D eigenvalue weighted by Gasteiger charge is -2.13. The van der Waals surface area contributed by atoms with Gasteiger partial charge < -0.3 is 10.5 Å². The Labute approximate surface area is 117 Å². The van der Waals surface area contributed by atoms with Gasteiger partial charge in [-0.1, -0.05) is 12.1 Å². The quantitative estimate of drug-likeness (QED) is 0.522. The van der Waals surface area contributed by atoms with E-state index in [0.717, 1.165) is 22.4 Å². The molecule has 0 saturated heterocycles. The van der Waals surface area contributed by atoms with Crippen LogP contribution in [0.1, 0.15) is 16.7 Å². The lowest BCUT2D eigenvalue weighted by Crippen LogP contribution is -1.97. The maximum Gasteiger partial charge on any atom is 0.292 e. The Hall–Kier alpha value is -2.56. The Morgan fingerprint density at radius 3 is 2.35 bits per heavy atom. The van der Waals surface area contributed by atoms with E-state index in [9.17, 15) is 10.1 Å². The van der Waals surface area contributed by atoms with Crippen LogP contribution in [0.25, 0.3) is 0 Å². The molecule has 2 aromatic carbocycles. The monoisotopic (exact) mass is 272 g/mol. The molecule has 5 heteroatoms. The molecular weight excluding hydrogens is 256 g/mol. The van der Waals surface area contributed by atoms with E-state index in [-0.39, 0.29) is 11.4 Å². The smallest absolute Gasteiger partial charge is 0.292 e. The molecule has 2 rings (SSSR count). The molecule has 0 radical (unpaired) electrons. The van der Waals surface area contributed by atoms with Gasteiger partial charge in [0.1, 0.15) is 17.2 Å². The normalized spacial score (nSPS) is 10.3. The summed E-state index contributed by atoms with van der Waals surface area (Å²) in [6.45, 7) is 5.94. The van der Waals surface area contributed by atoms with Gasteiger partial charge in [-0.05, 0) is 43.5 Å². The van der Waals surface area contributed by atoms with Crippen molar-refractivity contribution < 1.29 is 9.66 Å². The number of aryl methyl sites for hydroxylation is 2. The standard InChI is InChI=1S/C15H16N2O3/c1-9-4-5-10(2)15(11(9)3)20-12-6-7-14(17(18)19)13(16)8-12/h4-8H,16H2,1-3H3. The Bertz CT molecular complexity index is 681. The molecule has 0 atom stereocenters. The van der Waals surface area contributed by atoms with Crippen LogP contribution in [-0.2, 0) is 0 Å². The molecule has 0 bridgehead atoms. The molecule has 0 heterocycles. The fraction of sp³-hybridized carbons (Fsp3) is 0.200. The Morgan fingerprint density at radius 2 is 1.75 bits per heavy atom. The molecule has 0 saturated carbocycles. The molecule has 0 spiro atoms. The van der Waals surface area contributed by atoms with Gasteiger partial charge in [0.2, 0.25) is 0 Å². The van der Waals surface area contributed by atoms with Crippen molar-refractivity contribution in [2.75, 3.05) is 5.73 Å². The minimum absolute atomic E-state index is 0.0930. The number of hydrogen-bond acceptors (Lipinski definition) is 4. The first-order valence-corrected chi connectivity index (χ1v) is 6.18. The average Bonchev–Trinajstić information content (AvgIpc) is 2.39. The molecule has 0 aliphatic rings. The second-order valence-corrected chi connectivity index (χ2v) is 4.73. The van der Waals surface area contributed by atoms with Gasteiger partial charge in [-0.15, -0.1) is 0 Å². The molecule has 0 aliphatic heterocycles. The molecule has 0 aromatic heterocycles. The number of nitrogens with zero attached hydrogens (tertiary/aromatic N) is 1. The maximum absolute atomic E-state index is 10.7. The van der Waals surface area contributed by atoms with Crippen molar-refractivity contribution in [3.8, 4) is 11.5 Å². The predicted molar refractivity (Wildman–Crippen MR) is 78.2 cm³/mol. The molecule has 0 amide bonds. The fourth-order valence-electron chi connectivity index (χ4n) is 1.96. The van der Waals surface area contributed by atoms with Crippen LogP contribution >= 0.6 is 0 Å². The third-order valence-corrected chi connectivity index (χ3v) is 3.29. The number of benzene rings is 2. The highest BCUT2D eigenvalue weighted by atomic mass is 16.6. The van der Waals surface area contributed by atoms with Gasteiger partial charge in [-0.2, -0.15) is 0 Å². The summed E-state index contributed by atoms with van der Waals surface area (Å²) in [5, 5.41) is 10.7. The van der Waals surface area contributed by atoms with Gasteiger partial charge in [-0.25, -0.2) is 0 Å². The summed E-state index contributed by atoms with van der Waals surface area (Å²) in [6, 6.07) is 8.38. The number of rotatable bonds is 3. The first-order valence-electron chi connectivity index (χ1n) is 6.18. The first kappa shape index (κ1) is 13.9. The van der Waals surface area contributed by atoms with E-state index >= 15 is 0 Å². The highest BCUT2D eigenvalue weighted by molar-refractivity contribution is 5.61. The van der Waals surface area contributed by atoms with Crippen molar-refractivity contribution in [2.24, 2.45) is 0 Å². The van der Waals surface area contributed by atoms with Gasteiger partial charge in [0.05, 0.1) is 4.92 Å². The van der Waals surface area contributed by atoms with Crippen molar-refractivity contribution in [1.29, 1.82) is 0 Å². The van der Waals surface area contributed by atoms with E-state index in [1.807, 2.05) is 32.9 Å². The number of nitrogens with two attached hydrogens (primary N) is 1. The zero-order valence-corrected chi connectivity index (χ0v) is 11.6. The summed E-state index contributed by atoms with van der Waals surface area (Å²) >= 11 is 0. The molecule has 2 N–H and O–H groups in total. The summed E-state index contributed by atoms with van der Waals surface area (Å²) in [7, 11) is 0. The molecule has 0 aliphatic carbocycles. The van der Waals surface area contributed by atoms with Crippen LogP contribution in [0.15, 0.2) is 30.3 Å². The van der Waals surface area contributed by atoms with Crippen molar-refractivity contribution >= 4 is 11.4 Å². The van der Waals surface area contributed by atoms with Gasteiger partial charge in [-0.3, -0.25) is 10.1 Å². The molecule has 104 valence electrons. The number of nitro benzene ring substituents is 1. The van der Waals surface area contributed by atoms with Crippen LogP contribution in [0.3, 0.4) is 0 Å². The van der Waals surface area contributed by atoms with Gasteiger partial charge in [0.25, 0.3) is 5.69 Å². The molecule has 5 nitrogen and oxygen atoms in total. The Kier molecular flexibility index (Phi) is 3.61. The van der Waals surface area contributed by atoms with E-state index < -0.39 is 4.92 Å². The van der Waals surface area contributed by atoms with E-state index in [4.69, 9.17) is 10.5 Å². The van der Waals surface area contributed by atoms with E-state index in [1.54, 1.807) is 6.07 Å². The second kappa shape index (κ2) is 5.21. The molecule has 20 heavy (non-hydrogen) atoms. The molecule has 0 fully saturated rings. The van der Waals surface area contributed by atoms with E-state index in [0.29, 0.717) is 5.75 Å². The zero-order chi connectivity index (χ0) is 14.9. The highest BCUT2D eigenvalue weighted by Crippen LogP contribution is 2.33. The van der Waals surface area contributed by atoms with Crippen LogP contribution in [-0.4, -0.2) is 4.92 Å². The summed E-state index contributed by atoms with van der Waals surface area (Å²) in [5.74, 6) is 1.25. The van der Waals surface area contributed by atoms with Crippen LogP contribution in [0.4, 0.5) is 11.4 Å². The fourth-order valence-corrected chi connectivity index (χ4v) is 1.96. The van der Waals surface area contributed by atoms with Crippen LogP contribution < -0.4 is 10.5 Å². The second-order valence-electron chi connectivity index (χ2n) is 4.73. The van der Waals surface area contributed by atoms with Gasteiger partial charge >= 0.3 is 0 Å². The summed E-state index contributed by atoms with van der Waals surface area (Å²) < 4.78 is 5.83. The maximum atomic E-state index is 10.7. The number of nitrogen functional groups attached to an aromatic ring is 1. The van der Waals surface area contributed by atoms with Crippen molar-refractivity contribution in [2.45, 2.75) is 20.8 Å². The summed E-state index contributed by atoms with van der Waals surface area (Å²) in [5.41, 5.74) is 8.81. The van der Waals surface area contributed by atoms with Crippen molar-refractivity contribution in [1.82, 2.24) is 0 Å². The molecule has 2 aromatic rings. The zero-order valence-electron chi connectivity index (χ0n) is 11.6. The first-order chi connectivity index (χ1) is 9.40. The minimum atomic E-state index is -0.512. The largest absolute Gasteiger partial charge is 0.457 e. The highest BCUT2D eigenvalue weighted by Gasteiger charge is 2.13. The SMILES string of the molecule is Cc1ccc(C)c(Oc2ccc([N+](=O)[O-])c(N)c2)c1C. The Balaban J connectivity index is 2.39. The minimum Gasteiger partial charge on any atom is -0.457 e. The van der Waals surface area contributed by atoms with E-state index in [1.165, 1.54) is 12.1 Å². The third kappa shape index (κ3) is 2.56. The number of nitro groups is 1. The third-order valence-electron chi connectivity index (χ3n) is 3.29. The Morgan fingerprint density at radius 1 is 1.10 bits per heavy atom. The van der Waals surface area contributed by atoms with Crippen LogP contribution in [0.5, 0.6) is 11.5 Å².